The minimum Gasteiger partial charge on any atom is -0.459 e. The van der Waals surface area contributed by atoms with Gasteiger partial charge in [-0.05, 0) is 29.8 Å². The van der Waals surface area contributed by atoms with Crippen molar-refractivity contribution in [2.45, 2.75) is 6.54 Å². The molecule has 2 heterocycles. The molecule has 106 valence electrons. The van der Waals surface area contributed by atoms with Crippen LogP contribution in [0.2, 0.25) is 5.02 Å². The summed E-state index contributed by atoms with van der Waals surface area (Å²) in [4.78, 5) is 11.8. The number of nitrogens with zero attached hydrogens (tertiary/aromatic N) is 2. The fourth-order valence-corrected chi connectivity index (χ4v) is 2.02. The topological polar surface area (TPSA) is 60.1 Å². The Labute approximate surface area is 126 Å². The van der Waals surface area contributed by atoms with Crippen LogP contribution in [0.4, 0.5) is 5.69 Å². The molecule has 0 saturated heterocycles. The minimum absolute atomic E-state index is 0.264. The van der Waals surface area contributed by atoms with Crippen molar-refractivity contribution < 1.29 is 9.21 Å². The number of rotatable bonds is 4. The summed E-state index contributed by atoms with van der Waals surface area (Å²) in [5, 5.41) is 7.63. The number of amides is 1. The summed E-state index contributed by atoms with van der Waals surface area (Å²) in [6.07, 6.45) is 4.81. The van der Waals surface area contributed by atoms with E-state index in [1.807, 2.05) is 24.3 Å². The van der Waals surface area contributed by atoms with Gasteiger partial charge in [0.25, 0.3) is 5.91 Å². The number of benzene rings is 1. The van der Waals surface area contributed by atoms with Crippen LogP contribution >= 0.6 is 11.6 Å². The molecule has 0 unspecified atom stereocenters. The number of nitrogens with one attached hydrogen (secondary N) is 1. The van der Waals surface area contributed by atoms with E-state index in [0.717, 1.165) is 5.56 Å². The Morgan fingerprint density at radius 2 is 2.10 bits per heavy atom. The molecule has 1 amide bonds. The first kappa shape index (κ1) is 13.5. The van der Waals surface area contributed by atoms with Crippen LogP contribution in [0, 0.1) is 0 Å². The molecule has 0 atom stereocenters. The Morgan fingerprint density at radius 1 is 1.29 bits per heavy atom. The number of carbonyl (C=O) groups excluding carboxylic acids is 1. The maximum Gasteiger partial charge on any atom is 0.291 e. The fraction of sp³-hybridized carbons (Fsp3) is 0.0667. The summed E-state index contributed by atoms with van der Waals surface area (Å²) in [5.74, 6) is -0.0357. The summed E-state index contributed by atoms with van der Waals surface area (Å²) >= 11 is 5.85. The van der Waals surface area contributed by atoms with Crippen molar-refractivity contribution in [2.24, 2.45) is 0 Å². The molecule has 0 spiro atoms. The molecule has 1 N–H and O–H groups in total. The third-order valence-corrected chi connectivity index (χ3v) is 3.15. The van der Waals surface area contributed by atoms with Crippen molar-refractivity contribution in [2.75, 3.05) is 5.32 Å². The number of furan rings is 1. The van der Waals surface area contributed by atoms with Gasteiger partial charge in [-0.2, -0.15) is 5.10 Å². The van der Waals surface area contributed by atoms with E-state index in [2.05, 4.69) is 10.4 Å². The van der Waals surface area contributed by atoms with E-state index in [4.69, 9.17) is 16.0 Å². The van der Waals surface area contributed by atoms with Gasteiger partial charge in [-0.15, -0.1) is 0 Å². The highest BCUT2D eigenvalue weighted by Crippen LogP contribution is 2.13. The van der Waals surface area contributed by atoms with E-state index in [-0.39, 0.29) is 11.7 Å². The van der Waals surface area contributed by atoms with E-state index in [1.165, 1.54) is 6.26 Å². The molecule has 2 aromatic heterocycles. The van der Waals surface area contributed by atoms with Gasteiger partial charge in [-0.3, -0.25) is 9.48 Å². The van der Waals surface area contributed by atoms with Gasteiger partial charge in [0.05, 0.1) is 24.7 Å². The molecule has 0 saturated carbocycles. The number of hydrogen-bond donors (Lipinski definition) is 1. The summed E-state index contributed by atoms with van der Waals surface area (Å²) in [6.45, 7) is 0.605. The normalized spacial score (nSPS) is 10.5. The van der Waals surface area contributed by atoms with Crippen LogP contribution in [0.1, 0.15) is 16.1 Å². The second-order valence-electron chi connectivity index (χ2n) is 4.48. The molecule has 0 aliphatic heterocycles. The van der Waals surface area contributed by atoms with Crippen molar-refractivity contribution in [3.63, 3.8) is 0 Å². The van der Waals surface area contributed by atoms with Crippen LogP contribution in [-0.2, 0) is 6.54 Å². The monoisotopic (exact) mass is 301 g/mol. The zero-order valence-electron chi connectivity index (χ0n) is 11.0. The second-order valence-corrected chi connectivity index (χ2v) is 4.92. The van der Waals surface area contributed by atoms with Crippen LogP contribution < -0.4 is 5.32 Å². The Balaban J connectivity index is 1.66. The van der Waals surface area contributed by atoms with Gasteiger partial charge < -0.3 is 9.73 Å². The van der Waals surface area contributed by atoms with Crippen molar-refractivity contribution in [1.29, 1.82) is 0 Å². The van der Waals surface area contributed by atoms with Gasteiger partial charge in [0.15, 0.2) is 5.76 Å². The van der Waals surface area contributed by atoms with Crippen LogP contribution in [-0.4, -0.2) is 15.7 Å². The summed E-state index contributed by atoms with van der Waals surface area (Å²) in [6, 6.07) is 10.8. The highest BCUT2D eigenvalue weighted by molar-refractivity contribution is 6.30. The fourth-order valence-electron chi connectivity index (χ4n) is 1.89. The van der Waals surface area contributed by atoms with Gasteiger partial charge in [0.1, 0.15) is 0 Å². The molecule has 0 aliphatic carbocycles. The third kappa shape index (κ3) is 3.32. The molecule has 3 rings (SSSR count). The quantitative estimate of drug-likeness (QED) is 0.803. The number of carbonyl (C=O) groups is 1. The highest BCUT2D eigenvalue weighted by atomic mass is 35.5. The van der Waals surface area contributed by atoms with Crippen LogP contribution in [0.15, 0.2) is 59.5 Å². The first-order valence-electron chi connectivity index (χ1n) is 6.32. The molecular formula is C15H12ClN3O2. The average Bonchev–Trinajstić information content (AvgIpc) is 3.13. The van der Waals surface area contributed by atoms with Crippen LogP contribution in [0.3, 0.4) is 0 Å². The van der Waals surface area contributed by atoms with Gasteiger partial charge >= 0.3 is 0 Å². The maximum atomic E-state index is 11.8. The number of anilines is 1. The molecule has 3 aromatic rings. The van der Waals surface area contributed by atoms with Gasteiger partial charge in [-0.25, -0.2) is 0 Å². The molecule has 0 bridgehead atoms. The Bertz CT molecular complexity index is 733. The highest BCUT2D eigenvalue weighted by Gasteiger charge is 2.09. The summed E-state index contributed by atoms with van der Waals surface area (Å²) < 4.78 is 6.77. The molecule has 1 aromatic carbocycles. The summed E-state index contributed by atoms with van der Waals surface area (Å²) in [7, 11) is 0. The lowest BCUT2D eigenvalue weighted by atomic mass is 10.2. The van der Waals surface area contributed by atoms with Gasteiger partial charge in [0.2, 0.25) is 0 Å². The SMILES string of the molecule is O=C(Nc1cnn(Cc2ccc(Cl)cc2)c1)c1ccco1. The number of hydrogen-bond acceptors (Lipinski definition) is 3. The van der Waals surface area contributed by atoms with Crippen LogP contribution in [0.25, 0.3) is 0 Å². The molecule has 5 nitrogen and oxygen atoms in total. The van der Waals surface area contributed by atoms with Gasteiger partial charge in [0, 0.05) is 11.2 Å². The molecule has 0 fully saturated rings. The predicted octanol–water partition coefficient (Wildman–Crippen LogP) is 3.43. The molecule has 0 radical (unpaired) electrons. The Hall–Kier alpha value is -2.53. The van der Waals surface area contributed by atoms with Crippen molar-refractivity contribution in [1.82, 2.24) is 9.78 Å². The smallest absolute Gasteiger partial charge is 0.291 e. The Morgan fingerprint density at radius 3 is 2.81 bits per heavy atom. The molecular weight excluding hydrogens is 290 g/mol. The predicted molar refractivity (Wildman–Crippen MR) is 79.4 cm³/mol. The zero-order valence-corrected chi connectivity index (χ0v) is 11.7. The maximum absolute atomic E-state index is 11.8. The average molecular weight is 302 g/mol. The van der Waals surface area contributed by atoms with E-state index in [1.54, 1.807) is 29.2 Å². The van der Waals surface area contributed by atoms with Crippen molar-refractivity contribution in [3.8, 4) is 0 Å². The zero-order chi connectivity index (χ0) is 14.7. The van der Waals surface area contributed by atoms with Gasteiger partial charge in [-0.1, -0.05) is 23.7 Å². The Kier molecular flexibility index (Phi) is 3.75. The second kappa shape index (κ2) is 5.85. The lowest BCUT2D eigenvalue weighted by molar-refractivity contribution is 0.0996. The number of aromatic nitrogens is 2. The third-order valence-electron chi connectivity index (χ3n) is 2.89. The number of halogens is 1. The van der Waals surface area contributed by atoms with E-state index >= 15 is 0 Å². The van der Waals surface area contributed by atoms with E-state index in [0.29, 0.717) is 17.3 Å². The van der Waals surface area contributed by atoms with Crippen LogP contribution in [0.5, 0.6) is 0 Å². The van der Waals surface area contributed by atoms with E-state index in [9.17, 15) is 4.79 Å². The van der Waals surface area contributed by atoms with E-state index < -0.39 is 0 Å². The van der Waals surface area contributed by atoms with Crippen molar-refractivity contribution >= 4 is 23.2 Å². The first-order chi connectivity index (χ1) is 10.2. The molecule has 6 heteroatoms. The summed E-state index contributed by atoms with van der Waals surface area (Å²) in [5.41, 5.74) is 1.69. The molecule has 21 heavy (non-hydrogen) atoms. The lowest BCUT2D eigenvalue weighted by Crippen LogP contribution is -2.10. The minimum atomic E-state index is -0.300. The first-order valence-corrected chi connectivity index (χ1v) is 6.70. The standard InChI is InChI=1S/C15H12ClN3O2/c16-12-5-3-11(4-6-12)9-19-10-13(8-17-19)18-15(20)14-2-1-7-21-14/h1-8,10H,9H2,(H,18,20). The largest absolute Gasteiger partial charge is 0.459 e. The van der Waals surface area contributed by atoms with Crippen molar-refractivity contribution in [3.05, 3.63) is 71.4 Å². The lowest BCUT2D eigenvalue weighted by Gasteiger charge is -2.02. The molecule has 0 aliphatic rings.